The van der Waals surface area contributed by atoms with Crippen molar-refractivity contribution in [1.29, 1.82) is 0 Å². The zero-order chi connectivity index (χ0) is 12.6. The first-order chi connectivity index (χ1) is 8.67. The van der Waals surface area contributed by atoms with Gasteiger partial charge in [-0.2, -0.15) is 4.98 Å². The van der Waals surface area contributed by atoms with Crippen molar-refractivity contribution < 1.29 is 9.26 Å². The monoisotopic (exact) mass is 246 g/mol. The molecule has 1 saturated heterocycles. The van der Waals surface area contributed by atoms with E-state index >= 15 is 0 Å². The summed E-state index contributed by atoms with van der Waals surface area (Å²) in [4.78, 5) is 8.68. The summed E-state index contributed by atoms with van der Waals surface area (Å²) in [5, 5.41) is 3.93. The summed E-state index contributed by atoms with van der Waals surface area (Å²) in [6.07, 6.45) is 0.690. The first-order valence-corrected chi connectivity index (χ1v) is 5.82. The molecule has 3 rings (SSSR count). The van der Waals surface area contributed by atoms with E-state index in [-0.39, 0.29) is 0 Å². The predicted octanol–water partition coefficient (Wildman–Crippen LogP) is 1.01. The molecule has 6 nitrogen and oxygen atoms in total. The summed E-state index contributed by atoms with van der Waals surface area (Å²) < 4.78 is 10.5. The maximum Gasteiger partial charge on any atom is 0.249 e. The van der Waals surface area contributed by atoms with Crippen LogP contribution in [0.2, 0.25) is 0 Å². The van der Waals surface area contributed by atoms with Crippen molar-refractivity contribution in [2.75, 3.05) is 13.2 Å². The highest BCUT2D eigenvalue weighted by Gasteiger charge is 2.38. The van der Waals surface area contributed by atoms with Crippen molar-refractivity contribution in [3.05, 3.63) is 29.8 Å². The fourth-order valence-corrected chi connectivity index (χ4v) is 1.95. The summed E-state index contributed by atoms with van der Waals surface area (Å²) in [5.41, 5.74) is 7.10. The Balaban J connectivity index is 1.94. The van der Waals surface area contributed by atoms with Gasteiger partial charge in [0.15, 0.2) is 0 Å². The third kappa shape index (κ3) is 1.89. The maximum atomic E-state index is 6.16. The van der Waals surface area contributed by atoms with Crippen LogP contribution in [0, 0.1) is 6.92 Å². The molecule has 1 atom stereocenters. The van der Waals surface area contributed by atoms with Crippen LogP contribution in [0.5, 0.6) is 0 Å². The zero-order valence-corrected chi connectivity index (χ0v) is 10.1. The predicted molar refractivity (Wildman–Crippen MR) is 63.6 cm³/mol. The van der Waals surface area contributed by atoms with Crippen molar-refractivity contribution in [1.82, 2.24) is 15.1 Å². The van der Waals surface area contributed by atoms with Gasteiger partial charge in [0.05, 0.1) is 6.61 Å². The lowest BCUT2D eigenvalue weighted by molar-refractivity contribution is 0.166. The molecule has 0 aromatic carbocycles. The van der Waals surface area contributed by atoms with Gasteiger partial charge in [-0.25, -0.2) is 4.98 Å². The van der Waals surface area contributed by atoms with Crippen LogP contribution >= 0.6 is 0 Å². The van der Waals surface area contributed by atoms with Crippen LogP contribution in [0.1, 0.15) is 18.0 Å². The van der Waals surface area contributed by atoms with E-state index in [0.29, 0.717) is 37.0 Å². The fourth-order valence-electron chi connectivity index (χ4n) is 1.95. The average Bonchev–Trinajstić information content (AvgIpc) is 2.98. The number of aromatic nitrogens is 3. The number of rotatable bonds is 2. The summed E-state index contributed by atoms with van der Waals surface area (Å²) in [7, 11) is 0. The molecule has 1 unspecified atom stereocenters. The first kappa shape index (κ1) is 11.3. The number of aryl methyl sites for hydroxylation is 1. The van der Waals surface area contributed by atoms with Gasteiger partial charge in [0, 0.05) is 12.3 Å². The molecule has 0 saturated carbocycles. The lowest BCUT2D eigenvalue weighted by Gasteiger charge is -2.14. The Morgan fingerprint density at radius 2 is 2.22 bits per heavy atom. The van der Waals surface area contributed by atoms with E-state index in [1.807, 2.05) is 25.1 Å². The van der Waals surface area contributed by atoms with Crippen molar-refractivity contribution in [2.24, 2.45) is 5.73 Å². The quantitative estimate of drug-likeness (QED) is 0.851. The molecular formula is C12H14N4O2. The second kappa shape index (κ2) is 4.15. The van der Waals surface area contributed by atoms with Crippen molar-refractivity contribution in [3.8, 4) is 11.5 Å². The molecule has 2 aromatic heterocycles. The van der Waals surface area contributed by atoms with Gasteiger partial charge in [-0.15, -0.1) is 0 Å². The van der Waals surface area contributed by atoms with Gasteiger partial charge in [-0.1, -0.05) is 11.2 Å². The van der Waals surface area contributed by atoms with Crippen molar-refractivity contribution in [3.63, 3.8) is 0 Å². The van der Waals surface area contributed by atoms with Crippen molar-refractivity contribution >= 4 is 0 Å². The SMILES string of the molecule is Cc1cccc(-c2noc(C3(N)CCOC3)n2)n1. The topological polar surface area (TPSA) is 87.1 Å². The molecule has 1 aliphatic heterocycles. The lowest BCUT2D eigenvalue weighted by atomic mass is 10.0. The van der Waals surface area contributed by atoms with Gasteiger partial charge < -0.3 is 15.0 Å². The highest BCUT2D eigenvalue weighted by atomic mass is 16.5. The minimum Gasteiger partial charge on any atom is -0.379 e. The molecular weight excluding hydrogens is 232 g/mol. The molecule has 0 radical (unpaired) electrons. The minimum absolute atomic E-state index is 0.413. The molecule has 2 N–H and O–H groups in total. The molecule has 18 heavy (non-hydrogen) atoms. The Morgan fingerprint density at radius 3 is 2.94 bits per heavy atom. The Bertz CT molecular complexity index is 561. The van der Waals surface area contributed by atoms with Gasteiger partial charge in [0.1, 0.15) is 11.2 Å². The molecule has 0 aliphatic carbocycles. The number of pyridine rings is 1. The van der Waals surface area contributed by atoms with Crippen LogP contribution in [0.4, 0.5) is 0 Å². The summed E-state index contributed by atoms with van der Waals surface area (Å²) >= 11 is 0. The van der Waals surface area contributed by atoms with E-state index in [9.17, 15) is 0 Å². The lowest BCUT2D eigenvalue weighted by Crippen LogP contribution is -2.37. The normalized spacial score (nSPS) is 23.4. The molecule has 0 bridgehead atoms. The molecule has 0 amide bonds. The molecule has 94 valence electrons. The third-order valence-corrected chi connectivity index (χ3v) is 3.02. The van der Waals surface area contributed by atoms with E-state index in [2.05, 4.69) is 15.1 Å². The summed E-state index contributed by atoms with van der Waals surface area (Å²) in [5.74, 6) is 0.878. The van der Waals surface area contributed by atoms with E-state index in [0.717, 1.165) is 5.69 Å². The molecule has 3 heterocycles. The van der Waals surface area contributed by atoms with Gasteiger partial charge >= 0.3 is 0 Å². The van der Waals surface area contributed by atoms with Crippen LogP contribution in [0.3, 0.4) is 0 Å². The second-order valence-electron chi connectivity index (χ2n) is 4.55. The smallest absolute Gasteiger partial charge is 0.249 e. The molecule has 2 aromatic rings. The Hall–Kier alpha value is -1.79. The maximum absolute atomic E-state index is 6.16. The van der Waals surface area contributed by atoms with E-state index < -0.39 is 5.54 Å². The molecule has 1 aliphatic rings. The van der Waals surface area contributed by atoms with Crippen LogP contribution in [0.15, 0.2) is 22.7 Å². The summed E-state index contributed by atoms with van der Waals surface area (Å²) in [6.45, 7) is 2.95. The number of nitrogens with two attached hydrogens (primary N) is 1. The Kier molecular flexibility index (Phi) is 2.61. The Morgan fingerprint density at radius 1 is 1.33 bits per heavy atom. The Labute approximate surface area is 104 Å². The van der Waals surface area contributed by atoms with Crippen LogP contribution in [-0.4, -0.2) is 28.3 Å². The number of hydrogen-bond acceptors (Lipinski definition) is 6. The third-order valence-electron chi connectivity index (χ3n) is 3.02. The molecule has 1 fully saturated rings. The van der Waals surface area contributed by atoms with E-state index in [1.54, 1.807) is 0 Å². The van der Waals surface area contributed by atoms with Crippen LogP contribution in [0.25, 0.3) is 11.5 Å². The fraction of sp³-hybridized carbons (Fsp3) is 0.417. The highest BCUT2D eigenvalue weighted by Crippen LogP contribution is 2.27. The van der Waals surface area contributed by atoms with Gasteiger partial charge in [-0.3, -0.25) is 0 Å². The average molecular weight is 246 g/mol. The molecule has 6 heteroatoms. The second-order valence-corrected chi connectivity index (χ2v) is 4.55. The molecule has 0 spiro atoms. The largest absolute Gasteiger partial charge is 0.379 e. The summed E-state index contributed by atoms with van der Waals surface area (Å²) in [6, 6.07) is 5.67. The van der Waals surface area contributed by atoms with Gasteiger partial charge in [0.2, 0.25) is 11.7 Å². The highest BCUT2D eigenvalue weighted by molar-refractivity contribution is 5.48. The number of ether oxygens (including phenoxy) is 1. The first-order valence-electron chi connectivity index (χ1n) is 5.82. The number of hydrogen-bond donors (Lipinski definition) is 1. The van der Waals surface area contributed by atoms with E-state index in [4.69, 9.17) is 15.0 Å². The minimum atomic E-state index is -0.658. The van der Waals surface area contributed by atoms with Crippen molar-refractivity contribution in [2.45, 2.75) is 18.9 Å². The van der Waals surface area contributed by atoms with Crippen LogP contribution in [-0.2, 0) is 10.3 Å². The van der Waals surface area contributed by atoms with E-state index in [1.165, 1.54) is 0 Å². The van der Waals surface area contributed by atoms with Crippen LogP contribution < -0.4 is 5.73 Å². The number of nitrogens with zero attached hydrogens (tertiary/aromatic N) is 3. The zero-order valence-electron chi connectivity index (χ0n) is 10.1. The standard InChI is InChI=1S/C12H14N4O2/c1-8-3-2-4-9(14-8)10-15-11(18-16-10)12(13)5-6-17-7-12/h2-4H,5-7,13H2,1H3. The van der Waals surface area contributed by atoms with Gasteiger partial charge in [-0.05, 0) is 25.5 Å². The van der Waals surface area contributed by atoms with Gasteiger partial charge in [0.25, 0.3) is 0 Å².